The van der Waals surface area contributed by atoms with E-state index >= 15 is 0 Å². The Balaban J connectivity index is 3.05. The van der Waals surface area contributed by atoms with Gasteiger partial charge in [0, 0.05) is 21.9 Å². The van der Waals surface area contributed by atoms with Crippen molar-refractivity contribution in [2.75, 3.05) is 12.8 Å². The number of nitrogens with two attached hydrogens (primary N) is 1. The van der Waals surface area contributed by atoms with E-state index in [-0.39, 0.29) is 5.91 Å². The lowest BCUT2D eigenvalue weighted by Crippen LogP contribution is -2.17. The van der Waals surface area contributed by atoms with Gasteiger partial charge in [-0.25, -0.2) is 0 Å². The molecule has 0 bridgehead atoms. The van der Waals surface area contributed by atoms with E-state index in [1.54, 1.807) is 25.2 Å². The number of hydrogen-bond donors (Lipinski definition) is 2. The van der Waals surface area contributed by atoms with Gasteiger partial charge in [-0.2, -0.15) is 0 Å². The van der Waals surface area contributed by atoms with Crippen LogP contribution in [0.4, 0.5) is 5.69 Å². The molecule has 0 heterocycles. The van der Waals surface area contributed by atoms with Crippen molar-refractivity contribution < 1.29 is 4.79 Å². The van der Waals surface area contributed by atoms with Gasteiger partial charge in [-0.1, -0.05) is 0 Å². The van der Waals surface area contributed by atoms with Crippen molar-refractivity contribution in [3.8, 4) is 0 Å². The minimum absolute atomic E-state index is 0.0899. The highest BCUT2D eigenvalue weighted by Gasteiger charge is 2.03. The van der Waals surface area contributed by atoms with Crippen LogP contribution in [0.2, 0.25) is 0 Å². The van der Waals surface area contributed by atoms with Gasteiger partial charge in [0.15, 0.2) is 0 Å². The number of anilines is 1. The fourth-order valence-corrected chi connectivity index (χ4v) is 1.33. The highest BCUT2D eigenvalue weighted by atomic mass is 127. The first kappa shape index (κ1) is 9.31. The second-order valence-corrected chi connectivity index (χ2v) is 3.48. The van der Waals surface area contributed by atoms with Crippen LogP contribution in [0.5, 0.6) is 0 Å². The molecular formula is C8H9IN2O. The minimum Gasteiger partial charge on any atom is -0.398 e. The Labute approximate surface area is 84.5 Å². The maximum Gasteiger partial charge on any atom is 0.251 e. The van der Waals surface area contributed by atoms with E-state index in [4.69, 9.17) is 5.73 Å². The lowest BCUT2D eigenvalue weighted by atomic mass is 10.2. The molecule has 0 aliphatic carbocycles. The van der Waals surface area contributed by atoms with Gasteiger partial charge < -0.3 is 11.1 Å². The SMILES string of the molecule is CNC(=O)c1ccc(N)c(I)c1. The fraction of sp³-hybridized carbons (Fsp3) is 0.125. The second kappa shape index (κ2) is 3.75. The molecule has 0 unspecified atom stereocenters. The van der Waals surface area contributed by atoms with Crippen LogP contribution in [0.3, 0.4) is 0 Å². The van der Waals surface area contributed by atoms with Crippen molar-refractivity contribution in [2.45, 2.75) is 0 Å². The van der Waals surface area contributed by atoms with Crippen LogP contribution in [-0.2, 0) is 0 Å². The van der Waals surface area contributed by atoms with Crippen LogP contribution in [0, 0.1) is 3.57 Å². The minimum atomic E-state index is -0.0899. The number of benzene rings is 1. The monoisotopic (exact) mass is 276 g/mol. The van der Waals surface area contributed by atoms with Crippen molar-refractivity contribution in [1.82, 2.24) is 5.32 Å². The molecule has 12 heavy (non-hydrogen) atoms. The molecule has 0 aliphatic rings. The van der Waals surface area contributed by atoms with Gasteiger partial charge in [0.25, 0.3) is 5.91 Å². The average molecular weight is 276 g/mol. The third-order valence-corrected chi connectivity index (χ3v) is 2.42. The Bertz CT molecular complexity index is 312. The van der Waals surface area contributed by atoms with E-state index in [1.165, 1.54) is 0 Å². The molecule has 1 amide bonds. The normalized spacial score (nSPS) is 9.50. The predicted molar refractivity (Wildman–Crippen MR) is 57.0 cm³/mol. The van der Waals surface area contributed by atoms with Crippen LogP contribution in [-0.4, -0.2) is 13.0 Å². The van der Waals surface area contributed by atoms with Crippen LogP contribution in [0.15, 0.2) is 18.2 Å². The third-order valence-electron chi connectivity index (χ3n) is 1.49. The van der Waals surface area contributed by atoms with E-state index in [0.717, 1.165) is 3.57 Å². The molecule has 0 aliphatic heterocycles. The van der Waals surface area contributed by atoms with Gasteiger partial charge >= 0.3 is 0 Å². The number of carbonyl (C=O) groups is 1. The molecule has 64 valence electrons. The molecule has 3 N–H and O–H groups in total. The van der Waals surface area contributed by atoms with Gasteiger partial charge in [-0.3, -0.25) is 4.79 Å². The summed E-state index contributed by atoms with van der Waals surface area (Å²) in [5.74, 6) is -0.0899. The lowest BCUT2D eigenvalue weighted by molar-refractivity contribution is 0.0963. The summed E-state index contributed by atoms with van der Waals surface area (Å²) in [7, 11) is 1.60. The van der Waals surface area contributed by atoms with Crippen molar-refractivity contribution in [1.29, 1.82) is 0 Å². The fourth-order valence-electron chi connectivity index (χ4n) is 0.813. The predicted octanol–water partition coefficient (Wildman–Crippen LogP) is 1.23. The van der Waals surface area contributed by atoms with Gasteiger partial charge in [0.05, 0.1) is 0 Å². The summed E-state index contributed by atoms with van der Waals surface area (Å²) in [5.41, 5.74) is 6.92. The molecule has 0 fully saturated rings. The smallest absolute Gasteiger partial charge is 0.251 e. The zero-order valence-corrected chi connectivity index (χ0v) is 8.75. The maximum atomic E-state index is 11.1. The summed E-state index contributed by atoms with van der Waals surface area (Å²) < 4.78 is 0.897. The zero-order valence-electron chi connectivity index (χ0n) is 6.60. The Morgan fingerprint density at radius 3 is 2.75 bits per heavy atom. The van der Waals surface area contributed by atoms with Crippen LogP contribution in [0.25, 0.3) is 0 Å². The van der Waals surface area contributed by atoms with Gasteiger partial charge in [-0.05, 0) is 40.8 Å². The van der Waals surface area contributed by atoms with Crippen molar-refractivity contribution in [2.24, 2.45) is 0 Å². The topological polar surface area (TPSA) is 55.1 Å². The van der Waals surface area contributed by atoms with E-state index in [0.29, 0.717) is 11.3 Å². The van der Waals surface area contributed by atoms with E-state index < -0.39 is 0 Å². The van der Waals surface area contributed by atoms with Gasteiger partial charge in [0.2, 0.25) is 0 Å². The molecule has 4 heteroatoms. The molecule has 1 aromatic carbocycles. The standard InChI is InChI=1S/C8H9IN2O/c1-11-8(12)5-2-3-7(10)6(9)4-5/h2-4H,10H2,1H3,(H,11,12). The van der Waals surface area contributed by atoms with Crippen LogP contribution < -0.4 is 11.1 Å². The second-order valence-electron chi connectivity index (χ2n) is 2.32. The van der Waals surface area contributed by atoms with Crippen LogP contribution >= 0.6 is 22.6 Å². The molecule has 1 rings (SSSR count). The molecule has 0 saturated heterocycles. The first-order valence-electron chi connectivity index (χ1n) is 3.42. The number of carbonyl (C=O) groups excluding carboxylic acids is 1. The number of halogens is 1. The number of nitrogens with one attached hydrogen (secondary N) is 1. The Morgan fingerprint density at radius 2 is 2.25 bits per heavy atom. The molecule has 3 nitrogen and oxygen atoms in total. The summed E-state index contributed by atoms with van der Waals surface area (Å²) in [6.45, 7) is 0. The first-order chi connectivity index (χ1) is 5.65. The molecule has 0 atom stereocenters. The molecule has 0 aromatic heterocycles. The number of amides is 1. The van der Waals surface area contributed by atoms with Crippen LogP contribution in [0.1, 0.15) is 10.4 Å². The van der Waals surface area contributed by atoms with Crippen molar-refractivity contribution in [3.63, 3.8) is 0 Å². The van der Waals surface area contributed by atoms with Gasteiger partial charge in [-0.15, -0.1) is 0 Å². The van der Waals surface area contributed by atoms with E-state index in [2.05, 4.69) is 27.9 Å². The zero-order chi connectivity index (χ0) is 9.14. The van der Waals surface area contributed by atoms with E-state index in [9.17, 15) is 4.79 Å². The van der Waals surface area contributed by atoms with Crippen molar-refractivity contribution >= 4 is 34.2 Å². The van der Waals surface area contributed by atoms with E-state index in [1.807, 2.05) is 0 Å². The Kier molecular flexibility index (Phi) is 2.91. The summed E-state index contributed by atoms with van der Waals surface area (Å²) >= 11 is 2.09. The molecule has 0 saturated carbocycles. The summed E-state index contributed by atoms with van der Waals surface area (Å²) in [4.78, 5) is 11.1. The lowest BCUT2D eigenvalue weighted by Gasteiger charge is -2.01. The number of rotatable bonds is 1. The quantitative estimate of drug-likeness (QED) is 0.599. The molecular weight excluding hydrogens is 267 g/mol. The summed E-state index contributed by atoms with van der Waals surface area (Å²) in [6.07, 6.45) is 0. The molecule has 1 aromatic rings. The Hall–Kier alpha value is -0.780. The van der Waals surface area contributed by atoms with Crippen molar-refractivity contribution in [3.05, 3.63) is 27.3 Å². The average Bonchev–Trinajstić information content (AvgIpc) is 2.08. The highest BCUT2D eigenvalue weighted by Crippen LogP contribution is 2.15. The number of hydrogen-bond acceptors (Lipinski definition) is 2. The summed E-state index contributed by atoms with van der Waals surface area (Å²) in [5, 5.41) is 2.54. The Morgan fingerprint density at radius 1 is 1.58 bits per heavy atom. The first-order valence-corrected chi connectivity index (χ1v) is 4.50. The molecule has 0 radical (unpaired) electrons. The third kappa shape index (κ3) is 1.88. The number of nitrogen functional groups attached to an aromatic ring is 1. The molecule has 0 spiro atoms. The maximum absolute atomic E-state index is 11.1. The largest absolute Gasteiger partial charge is 0.398 e. The summed E-state index contributed by atoms with van der Waals surface area (Å²) in [6, 6.07) is 5.19. The van der Waals surface area contributed by atoms with Gasteiger partial charge in [0.1, 0.15) is 0 Å². The highest BCUT2D eigenvalue weighted by molar-refractivity contribution is 14.1.